The van der Waals surface area contributed by atoms with Crippen LogP contribution in [0.4, 0.5) is 0 Å². The Balaban J connectivity index is 2.30. The Bertz CT molecular complexity index is 334. The summed E-state index contributed by atoms with van der Waals surface area (Å²) < 4.78 is 0. The molecule has 1 heterocycles. The second-order valence-corrected chi connectivity index (χ2v) is 3.80. The number of carbonyl (C=O) groups is 1. The minimum atomic E-state index is 0.327. The van der Waals surface area contributed by atoms with Gasteiger partial charge in [-0.1, -0.05) is 11.6 Å². The molecule has 3 heteroatoms. The number of rotatable bonds is 3. The number of aromatic nitrogens is 1. The highest BCUT2D eigenvalue weighted by molar-refractivity contribution is 6.31. The zero-order valence-corrected chi connectivity index (χ0v) is 7.92. The molecule has 13 heavy (non-hydrogen) atoms. The second-order valence-electron chi connectivity index (χ2n) is 3.44. The van der Waals surface area contributed by atoms with Gasteiger partial charge in [-0.15, -0.1) is 0 Å². The summed E-state index contributed by atoms with van der Waals surface area (Å²) >= 11 is 5.79. The molecule has 1 aliphatic rings. The number of aldehydes is 1. The molecule has 0 saturated heterocycles. The summed E-state index contributed by atoms with van der Waals surface area (Å²) in [5.74, 6) is 0.761. The molecule has 0 spiro atoms. The van der Waals surface area contributed by atoms with Gasteiger partial charge < -0.3 is 0 Å². The van der Waals surface area contributed by atoms with Gasteiger partial charge in [0, 0.05) is 6.20 Å². The van der Waals surface area contributed by atoms with Crippen molar-refractivity contribution in [3.63, 3.8) is 0 Å². The average Bonchev–Trinajstić information content (AvgIpc) is 2.89. The molecule has 0 amide bonds. The fourth-order valence-electron chi connectivity index (χ4n) is 1.42. The van der Waals surface area contributed by atoms with E-state index >= 15 is 0 Å². The first kappa shape index (κ1) is 8.70. The van der Waals surface area contributed by atoms with Gasteiger partial charge in [0.25, 0.3) is 0 Å². The van der Waals surface area contributed by atoms with Crippen molar-refractivity contribution in [1.82, 2.24) is 4.98 Å². The standard InChI is InChI=1S/C10H10ClNO/c11-10-9(6-13)8(3-4-12-10)5-7-1-2-7/h3-4,6-7H,1-2,5H2. The summed E-state index contributed by atoms with van der Waals surface area (Å²) in [7, 11) is 0. The first-order chi connectivity index (χ1) is 6.31. The van der Waals surface area contributed by atoms with E-state index in [1.807, 2.05) is 6.07 Å². The molecule has 0 unspecified atom stereocenters. The highest BCUT2D eigenvalue weighted by Crippen LogP contribution is 2.33. The van der Waals surface area contributed by atoms with E-state index < -0.39 is 0 Å². The van der Waals surface area contributed by atoms with Crippen LogP contribution in [0.15, 0.2) is 12.3 Å². The number of hydrogen-bond acceptors (Lipinski definition) is 2. The highest BCUT2D eigenvalue weighted by atomic mass is 35.5. The van der Waals surface area contributed by atoms with Gasteiger partial charge in [0.15, 0.2) is 6.29 Å². The van der Waals surface area contributed by atoms with Crippen LogP contribution in [0.5, 0.6) is 0 Å². The van der Waals surface area contributed by atoms with Crippen LogP contribution in [0.2, 0.25) is 5.15 Å². The first-order valence-electron chi connectivity index (χ1n) is 4.40. The van der Waals surface area contributed by atoms with Crippen molar-refractivity contribution in [2.45, 2.75) is 19.3 Å². The molecule has 1 aliphatic carbocycles. The molecule has 0 aliphatic heterocycles. The number of nitrogens with zero attached hydrogens (tertiary/aromatic N) is 1. The van der Waals surface area contributed by atoms with Crippen LogP contribution in [0, 0.1) is 5.92 Å². The Labute approximate surface area is 81.9 Å². The number of halogens is 1. The van der Waals surface area contributed by atoms with Gasteiger partial charge in [0.2, 0.25) is 0 Å². The minimum absolute atomic E-state index is 0.327. The van der Waals surface area contributed by atoms with Gasteiger partial charge in [0.1, 0.15) is 5.15 Å². The quantitative estimate of drug-likeness (QED) is 0.548. The smallest absolute Gasteiger partial charge is 0.153 e. The first-order valence-corrected chi connectivity index (χ1v) is 4.77. The molecule has 0 bridgehead atoms. The molecule has 0 aromatic carbocycles. The van der Waals surface area contributed by atoms with Crippen LogP contribution in [0.1, 0.15) is 28.8 Å². The van der Waals surface area contributed by atoms with Crippen molar-refractivity contribution in [2.24, 2.45) is 5.92 Å². The monoisotopic (exact) mass is 195 g/mol. The lowest BCUT2D eigenvalue weighted by Crippen LogP contribution is -1.96. The van der Waals surface area contributed by atoms with E-state index in [0.717, 1.165) is 24.2 Å². The third-order valence-electron chi connectivity index (χ3n) is 2.36. The zero-order valence-electron chi connectivity index (χ0n) is 7.16. The van der Waals surface area contributed by atoms with Crippen molar-refractivity contribution >= 4 is 17.9 Å². The van der Waals surface area contributed by atoms with E-state index in [-0.39, 0.29) is 0 Å². The fraction of sp³-hybridized carbons (Fsp3) is 0.400. The summed E-state index contributed by atoms with van der Waals surface area (Å²) in [6.45, 7) is 0. The maximum Gasteiger partial charge on any atom is 0.153 e. The number of carbonyl (C=O) groups excluding carboxylic acids is 1. The van der Waals surface area contributed by atoms with Crippen LogP contribution in [-0.4, -0.2) is 11.3 Å². The molecular formula is C10H10ClNO. The Morgan fingerprint density at radius 2 is 2.38 bits per heavy atom. The van der Waals surface area contributed by atoms with Crippen LogP contribution >= 0.6 is 11.6 Å². The topological polar surface area (TPSA) is 30.0 Å². The van der Waals surface area contributed by atoms with Crippen molar-refractivity contribution in [3.05, 3.63) is 28.5 Å². The molecule has 0 atom stereocenters. The molecule has 68 valence electrons. The molecule has 0 N–H and O–H groups in total. The maximum absolute atomic E-state index is 10.7. The van der Waals surface area contributed by atoms with E-state index in [4.69, 9.17) is 11.6 Å². The summed E-state index contributed by atoms with van der Waals surface area (Å²) in [5.41, 5.74) is 1.61. The predicted octanol–water partition coefficient (Wildman–Crippen LogP) is 2.50. The minimum Gasteiger partial charge on any atom is -0.298 e. The molecule has 1 aromatic rings. The molecular weight excluding hydrogens is 186 g/mol. The summed E-state index contributed by atoms with van der Waals surface area (Å²) in [6, 6.07) is 1.88. The van der Waals surface area contributed by atoms with E-state index in [1.54, 1.807) is 6.20 Å². The fourth-order valence-corrected chi connectivity index (χ4v) is 1.64. The van der Waals surface area contributed by atoms with E-state index in [0.29, 0.717) is 10.7 Å². The van der Waals surface area contributed by atoms with Gasteiger partial charge in [0.05, 0.1) is 5.56 Å². The zero-order chi connectivity index (χ0) is 9.26. The van der Waals surface area contributed by atoms with Crippen LogP contribution in [0.3, 0.4) is 0 Å². The van der Waals surface area contributed by atoms with E-state index in [1.165, 1.54) is 12.8 Å². The number of pyridine rings is 1. The summed E-state index contributed by atoms with van der Waals surface area (Å²) in [5, 5.41) is 0.327. The lowest BCUT2D eigenvalue weighted by atomic mass is 10.1. The highest BCUT2D eigenvalue weighted by Gasteiger charge is 2.23. The van der Waals surface area contributed by atoms with Crippen LogP contribution in [0.25, 0.3) is 0 Å². The van der Waals surface area contributed by atoms with Crippen molar-refractivity contribution in [2.75, 3.05) is 0 Å². The predicted molar refractivity (Wildman–Crippen MR) is 51.1 cm³/mol. The van der Waals surface area contributed by atoms with E-state index in [9.17, 15) is 4.79 Å². The Morgan fingerprint density at radius 1 is 1.62 bits per heavy atom. The van der Waals surface area contributed by atoms with Gasteiger partial charge in [-0.3, -0.25) is 4.79 Å². The van der Waals surface area contributed by atoms with E-state index in [2.05, 4.69) is 4.98 Å². The van der Waals surface area contributed by atoms with Crippen LogP contribution in [-0.2, 0) is 6.42 Å². The largest absolute Gasteiger partial charge is 0.298 e. The normalized spacial score (nSPS) is 15.8. The third kappa shape index (κ3) is 1.89. The van der Waals surface area contributed by atoms with Crippen molar-refractivity contribution in [3.8, 4) is 0 Å². The molecule has 0 radical (unpaired) electrons. The van der Waals surface area contributed by atoms with Gasteiger partial charge in [-0.2, -0.15) is 0 Å². The SMILES string of the molecule is O=Cc1c(CC2CC2)ccnc1Cl. The molecule has 2 nitrogen and oxygen atoms in total. The summed E-state index contributed by atoms with van der Waals surface area (Å²) in [4.78, 5) is 14.6. The Morgan fingerprint density at radius 3 is 3.00 bits per heavy atom. The second kappa shape index (κ2) is 3.46. The summed E-state index contributed by atoms with van der Waals surface area (Å²) in [6.07, 6.45) is 5.98. The molecule has 1 saturated carbocycles. The van der Waals surface area contributed by atoms with Gasteiger partial charge in [-0.25, -0.2) is 4.98 Å². The van der Waals surface area contributed by atoms with Crippen LogP contribution < -0.4 is 0 Å². The molecule has 1 fully saturated rings. The van der Waals surface area contributed by atoms with Gasteiger partial charge >= 0.3 is 0 Å². The lowest BCUT2D eigenvalue weighted by Gasteiger charge is -2.03. The van der Waals surface area contributed by atoms with Crippen molar-refractivity contribution in [1.29, 1.82) is 0 Å². The number of hydrogen-bond donors (Lipinski definition) is 0. The Hall–Kier alpha value is -0.890. The average molecular weight is 196 g/mol. The lowest BCUT2D eigenvalue weighted by molar-refractivity contribution is 0.112. The Kier molecular flexibility index (Phi) is 2.32. The van der Waals surface area contributed by atoms with Gasteiger partial charge in [-0.05, 0) is 36.8 Å². The third-order valence-corrected chi connectivity index (χ3v) is 2.66. The molecule has 1 aromatic heterocycles. The van der Waals surface area contributed by atoms with Crippen molar-refractivity contribution < 1.29 is 4.79 Å². The molecule has 2 rings (SSSR count). The maximum atomic E-state index is 10.7.